The molecule has 90 valence electrons. The minimum Gasteiger partial charge on any atom is -0.338 e. The van der Waals surface area contributed by atoms with Gasteiger partial charge < -0.3 is 10.2 Å². The minimum absolute atomic E-state index is 0.00286. The van der Waals surface area contributed by atoms with Crippen LogP contribution in [-0.4, -0.2) is 54.1 Å². The molecule has 0 aromatic carbocycles. The standard InChI is InChI=1S/C11H20N4O/c1-4-13-10(16)14-5-7-15(8-6-14)11(2,3)9-12/h4-8H2,1-3H3,(H,13,16). The summed E-state index contributed by atoms with van der Waals surface area (Å²) in [5.74, 6) is 0. The highest BCUT2D eigenvalue weighted by Crippen LogP contribution is 2.15. The molecule has 0 unspecified atom stereocenters. The van der Waals surface area contributed by atoms with E-state index in [2.05, 4.69) is 16.3 Å². The first-order valence-corrected chi connectivity index (χ1v) is 5.70. The molecule has 5 heteroatoms. The van der Waals surface area contributed by atoms with Crippen molar-refractivity contribution in [2.24, 2.45) is 0 Å². The summed E-state index contributed by atoms with van der Waals surface area (Å²) in [4.78, 5) is 15.5. The van der Waals surface area contributed by atoms with Gasteiger partial charge in [0.2, 0.25) is 0 Å². The number of carbonyl (C=O) groups is 1. The normalized spacial score (nSPS) is 18.0. The van der Waals surface area contributed by atoms with Crippen LogP contribution in [0.25, 0.3) is 0 Å². The van der Waals surface area contributed by atoms with Gasteiger partial charge in [-0.3, -0.25) is 4.90 Å². The number of rotatable bonds is 2. The Bertz CT molecular complexity index is 287. The van der Waals surface area contributed by atoms with E-state index in [1.807, 2.05) is 20.8 Å². The molecule has 0 aromatic heterocycles. The third-order valence-corrected chi connectivity index (χ3v) is 2.96. The van der Waals surface area contributed by atoms with Gasteiger partial charge in [-0.2, -0.15) is 5.26 Å². The van der Waals surface area contributed by atoms with Crippen LogP contribution in [0.4, 0.5) is 4.79 Å². The SMILES string of the molecule is CCNC(=O)N1CCN(C(C)(C)C#N)CC1. The highest BCUT2D eigenvalue weighted by Gasteiger charge is 2.30. The van der Waals surface area contributed by atoms with Gasteiger partial charge in [0, 0.05) is 32.7 Å². The van der Waals surface area contributed by atoms with E-state index in [9.17, 15) is 4.79 Å². The quantitative estimate of drug-likeness (QED) is 0.748. The van der Waals surface area contributed by atoms with Crippen LogP contribution in [0.3, 0.4) is 0 Å². The van der Waals surface area contributed by atoms with Gasteiger partial charge in [0.05, 0.1) is 6.07 Å². The fourth-order valence-corrected chi connectivity index (χ4v) is 1.80. The molecule has 1 rings (SSSR count). The van der Waals surface area contributed by atoms with Gasteiger partial charge in [-0.25, -0.2) is 4.79 Å². The number of urea groups is 1. The zero-order chi connectivity index (χ0) is 12.2. The lowest BCUT2D eigenvalue weighted by molar-refractivity contribution is 0.0926. The van der Waals surface area contributed by atoms with E-state index in [1.165, 1.54) is 0 Å². The van der Waals surface area contributed by atoms with Crippen molar-refractivity contribution < 1.29 is 4.79 Å². The lowest BCUT2D eigenvalue weighted by Crippen LogP contribution is -2.56. The van der Waals surface area contributed by atoms with Crippen LogP contribution in [0.1, 0.15) is 20.8 Å². The smallest absolute Gasteiger partial charge is 0.317 e. The van der Waals surface area contributed by atoms with Crippen molar-refractivity contribution in [3.63, 3.8) is 0 Å². The molecule has 0 radical (unpaired) electrons. The molecule has 1 aliphatic heterocycles. The van der Waals surface area contributed by atoms with E-state index in [-0.39, 0.29) is 6.03 Å². The number of carbonyl (C=O) groups excluding carboxylic acids is 1. The molecule has 1 saturated heterocycles. The highest BCUT2D eigenvalue weighted by molar-refractivity contribution is 5.74. The van der Waals surface area contributed by atoms with Gasteiger partial charge in [-0.15, -0.1) is 0 Å². The summed E-state index contributed by atoms with van der Waals surface area (Å²) in [7, 11) is 0. The van der Waals surface area contributed by atoms with E-state index in [4.69, 9.17) is 5.26 Å². The number of nitriles is 1. The summed E-state index contributed by atoms with van der Waals surface area (Å²) in [5.41, 5.74) is -0.437. The molecule has 1 aliphatic rings. The lowest BCUT2D eigenvalue weighted by Gasteiger charge is -2.40. The van der Waals surface area contributed by atoms with Crippen molar-refractivity contribution in [3.8, 4) is 6.07 Å². The average molecular weight is 224 g/mol. The largest absolute Gasteiger partial charge is 0.338 e. The van der Waals surface area contributed by atoms with E-state index in [1.54, 1.807) is 4.90 Å². The first kappa shape index (κ1) is 12.8. The molecule has 1 N–H and O–H groups in total. The van der Waals surface area contributed by atoms with E-state index < -0.39 is 5.54 Å². The van der Waals surface area contributed by atoms with Crippen LogP contribution < -0.4 is 5.32 Å². The van der Waals surface area contributed by atoms with Crippen LogP contribution in [0, 0.1) is 11.3 Å². The third kappa shape index (κ3) is 2.86. The molecule has 5 nitrogen and oxygen atoms in total. The summed E-state index contributed by atoms with van der Waals surface area (Å²) >= 11 is 0. The monoisotopic (exact) mass is 224 g/mol. The molecular formula is C11H20N4O. The predicted octanol–water partition coefficient (Wildman–Crippen LogP) is 0.636. The van der Waals surface area contributed by atoms with Gasteiger partial charge >= 0.3 is 6.03 Å². The first-order valence-electron chi connectivity index (χ1n) is 5.70. The summed E-state index contributed by atoms with van der Waals surface area (Å²) in [5, 5.41) is 11.8. The van der Waals surface area contributed by atoms with Gasteiger partial charge in [-0.05, 0) is 20.8 Å². The first-order chi connectivity index (χ1) is 7.51. The number of nitrogens with zero attached hydrogens (tertiary/aromatic N) is 3. The zero-order valence-corrected chi connectivity index (χ0v) is 10.3. The van der Waals surface area contributed by atoms with E-state index in [0.717, 1.165) is 13.1 Å². The van der Waals surface area contributed by atoms with Crippen molar-refractivity contribution in [2.75, 3.05) is 32.7 Å². The topological polar surface area (TPSA) is 59.4 Å². The van der Waals surface area contributed by atoms with Crippen molar-refractivity contribution in [1.29, 1.82) is 5.26 Å². The lowest BCUT2D eigenvalue weighted by atomic mass is 10.0. The maximum atomic E-state index is 11.6. The van der Waals surface area contributed by atoms with Crippen molar-refractivity contribution in [3.05, 3.63) is 0 Å². The predicted molar refractivity (Wildman–Crippen MR) is 61.9 cm³/mol. The second kappa shape index (κ2) is 5.17. The molecular weight excluding hydrogens is 204 g/mol. The van der Waals surface area contributed by atoms with Crippen LogP contribution >= 0.6 is 0 Å². The Balaban J connectivity index is 2.46. The van der Waals surface area contributed by atoms with E-state index in [0.29, 0.717) is 19.6 Å². The Hall–Kier alpha value is -1.28. The molecule has 0 saturated carbocycles. The maximum Gasteiger partial charge on any atom is 0.317 e. The second-order valence-electron chi connectivity index (χ2n) is 4.48. The molecule has 0 spiro atoms. The van der Waals surface area contributed by atoms with Crippen molar-refractivity contribution in [1.82, 2.24) is 15.1 Å². The third-order valence-electron chi connectivity index (χ3n) is 2.96. The van der Waals surface area contributed by atoms with Crippen LogP contribution in [0.15, 0.2) is 0 Å². The molecule has 0 aromatic rings. The minimum atomic E-state index is -0.437. The number of hydrogen-bond donors (Lipinski definition) is 1. The molecule has 0 atom stereocenters. The Kier molecular flexibility index (Phi) is 4.13. The fourth-order valence-electron chi connectivity index (χ4n) is 1.80. The highest BCUT2D eigenvalue weighted by atomic mass is 16.2. The average Bonchev–Trinajstić information content (AvgIpc) is 2.29. The maximum absolute atomic E-state index is 11.6. The zero-order valence-electron chi connectivity index (χ0n) is 10.3. The van der Waals surface area contributed by atoms with Crippen LogP contribution in [-0.2, 0) is 0 Å². The molecule has 0 aliphatic carbocycles. The number of hydrogen-bond acceptors (Lipinski definition) is 3. The number of piperazine rings is 1. The van der Waals surface area contributed by atoms with Crippen molar-refractivity contribution >= 4 is 6.03 Å². The Morgan fingerprint density at radius 1 is 1.38 bits per heavy atom. The van der Waals surface area contributed by atoms with Gasteiger partial charge in [0.15, 0.2) is 0 Å². The van der Waals surface area contributed by atoms with Gasteiger partial charge in [0.1, 0.15) is 5.54 Å². The molecule has 1 fully saturated rings. The Morgan fingerprint density at radius 3 is 2.38 bits per heavy atom. The van der Waals surface area contributed by atoms with Crippen LogP contribution in [0.2, 0.25) is 0 Å². The van der Waals surface area contributed by atoms with Crippen molar-refractivity contribution in [2.45, 2.75) is 26.3 Å². The molecule has 0 bridgehead atoms. The summed E-state index contributed by atoms with van der Waals surface area (Å²) in [6.07, 6.45) is 0. The fraction of sp³-hybridized carbons (Fsp3) is 0.818. The van der Waals surface area contributed by atoms with E-state index >= 15 is 0 Å². The summed E-state index contributed by atoms with van der Waals surface area (Å²) in [6.45, 7) is 9.29. The number of nitrogens with one attached hydrogen (secondary N) is 1. The molecule has 1 heterocycles. The molecule has 16 heavy (non-hydrogen) atoms. The van der Waals surface area contributed by atoms with Gasteiger partial charge in [-0.1, -0.05) is 0 Å². The summed E-state index contributed by atoms with van der Waals surface area (Å²) in [6, 6.07) is 2.28. The Labute approximate surface area is 97.0 Å². The summed E-state index contributed by atoms with van der Waals surface area (Å²) < 4.78 is 0. The number of amides is 2. The molecule has 2 amide bonds. The Morgan fingerprint density at radius 2 is 1.94 bits per heavy atom. The second-order valence-corrected chi connectivity index (χ2v) is 4.48. The van der Waals surface area contributed by atoms with Crippen LogP contribution in [0.5, 0.6) is 0 Å². The van der Waals surface area contributed by atoms with Gasteiger partial charge in [0.25, 0.3) is 0 Å².